The molecule has 9 N–H and O–H groups in total. The molecule has 0 aromatic heterocycles. The van der Waals surface area contributed by atoms with Crippen LogP contribution in [-0.2, 0) is 62.0 Å². The second-order valence-electron chi connectivity index (χ2n) is 22.9. The van der Waals surface area contributed by atoms with E-state index in [1.807, 2.05) is 0 Å². The lowest BCUT2D eigenvalue weighted by Gasteiger charge is -2.61. The van der Waals surface area contributed by atoms with Gasteiger partial charge < -0.3 is 83.5 Å². The van der Waals surface area contributed by atoms with Crippen molar-refractivity contribution in [2.24, 2.45) is 46.3 Å². The zero-order chi connectivity index (χ0) is 52.1. The van der Waals surface area contributed by atoms with E-state index in [1.54, 1.807) is 13.8 Å². The first-order valence-electron chi connectivity index (χ1n) is 25.6. The Morgan fingerprint density at radius 1 is 0.875 bits per heavy atom. The molecule has 0 radical (unpaired) electrons. The van der Waals surface area contributed by atoms with Gasteiger partial charge in [0.05, 0.1) is 37.6 Å². The van der Waals surface area contributed by atoms with E-state index in [0.717, 1.165) is 49.7 Å². The first-order valence-corrected chi connectivity index (χ1v) is 27.0. The van der Waals surface area contributed by atoms with Crippen LogP contribution in [0.1, 0.15) is 92.9 Å². The minimum absolute atomic E-state index is 0.00269. The number of ether oxygens (including phenoxy) is 9. The second kappa shape index (κ2) is 20.5. The fraction of sp³-hybridized carbons (Fsp3) is 0.898. The third-order valence-corrected chi connectivity index (χ3v) is 18.9. The molecule has 22 nitrogen and oxygen atoms in total. The number of aliphatic hydroxyl groups excluding tert-OH is 8. The summed E-state index contributed by atoms with van der Waals surface area (Å²) in [4.78, 5) is 12.5. The van der Waals surface area contributed by atoms with E-state index in [9.17, 15) is 58.6 Å². The fourth-order valence-corrected chi connectivity index (χ4v) is 14.9. The summed E-state index contributed by atoms with van der Waals surface area (Å²) in [5.74, 6) is -1.30. The lowest BCUT2D eigenvalue weighted by molar-refractivity contribution is -0.363. The van der Waals surface area contributed by atoms with Gasteiger partial charge >= 0.3 is 16.4 Å². The van der Waals surface area contributed by atoms with Crippen molar-refractivity contribution in [1.29, 1.82) is 0 Å². The molecule has 9 rings (SSSR count). The molecule has 1 spiro atoms. The average molecular weight is 1050 g/mol. The van der Waals surface area contributed by atoms with Crippen LogP contribution in [-0.4, -0.2) is 196 Å². The first-order chi connectivity index (χ1) is 33.8. The van der Waals surface area contributed by atoms with Crippen LogP contribution in [0.3, 0.4) is 0 Å². The number of fused-ring (bicyclic) bond motifs is 7. The molecule has 26 atom stereocenters. The van der Waals surface area contributed by atoms with Crippen LogP contribution in [0.5, 0.6) is 0 Å². The quantitative estimate of drug-likeness (QED) is 0.0713. The Hall–Kier alpha value is -1.82. The Morgan fingerprint density at radius 2 is 1.57 bits per heavy atom. The second-order valence-corrected chi connectivity index (χ2v) is 24.0. The zero-order valence-corrected chi connectivity index (χ0v) is 42.5. The third kappa shape index (κ3) is 9.80. The van der Waals surface area contributed by atoms with Gasteiger partial charge in [-0.3, -0.25) is 4.55 Å². The van der Waals surface area contributed by atoms with Crippen molar-refractivity contribution in [3.05, 3.63) is 23.8 Å². The number of carbonyl (C=O) groups is 1. The maximum atomic E-state index is 12.5. The molecular weight excluding hydrogens is 973 g/mol. The number of esters is 1. The lowest BCUT2D eigenvalue weighted by atomic mass is 9.46. The van der Waals surface area contributed by atoms with Crippen LogP contribution >= 0.6 is 0 Å². The molecule has 4 unspecified atom stereocenters. The molecule has 23 heteroatoms. The first kappa shape index (κ1) is 55.0. The molecule has 3 saturated carbocycles. The van der Waals surface area contributed by atoms with Gasteiger partial charge in [0.15, 0.2) is 30.8 Å². The van der Waals surface area contributed by atoms with E-state index in [-0.39, 0.29) is 47.5 Å². The molecule has 5 saturated heterocycles. The molecular formula is C49H76O22S. The molecule has 9 aliphatic rings. The maximum absolute atomic E-state index is 12.5. The highest BCUT2D eigenvalue weighted by atomic mass is 32.3. The third-order valence-electron chi connectivity index (χ3n) is 18.5. The van der Waals surface area contributed by atoms with Crippen LogP contribution in [0.2, 0.25) is 0 Å². The van der Waals surface area contributed by atoms with E-state index < -0.39 is 151 Å². The summed E-state index contributed by atoms with van der Waals surface area (Å²) in [7, 11) is -5.15. The van der Waals surface area contributed by atoms with E-state index in [1.165, 1.54) is 6.92 Å². The highest BCUT2D eigenvalue weighted by Crippen LogP contribution is 2.71. The zero-order valence-electron chi connectivity index (χ0n) is 41.7. The highest BCUT2D eigenvalue weighted by Gasteiger charge is 2.70. The van der Waals surface area contributed by atoms with Crippen molar-refractivity contribution in [3.63, 3.8) is 0 Å². The summed E-state index contributed by atoms with van der Waals surface area (Å²) in [6.07, 6.45) is -18.8. The van der Waals surface area contributed by atoms with Gasteiger partial charge in [-0.15, -0.1) is 0 Å². The highest BCUT2D eigenvalue weighted by molar-refractivity contribution is 7.80. The van der Waals surface area contributed by atoms with E-state index in [4.69, 9.17) is 46.8 Å². The van der Waals surface area contributed by atoms with E-state index in [0.29, 0.717) is 13.0 Å². The lowest BCUT2D eigenvalue weighted by Crippen LogP contribution is -2.64. The van der Waals surface area contributed by atoms with Gasteiger partial charge in [0.1, 0.15) is 67.6 Å². The summed E-state index contributed by atoms with van der Waals surface area (Å²) < 4.78 is 94.5. The van der Waals surface area contributed by atoms with Gasteiger partial charge in [-0.1, -0.05) is 58.4 Å². The molecule has 4 aliphatic carbocycles. The van der Waals surface area contributed by atoms with Gasteiger partial charge in [0, 0.05) is 24.2 Å². The summed E-state index contributed by atoms with van der Waals surface area (Å²) >= 11 is 0. The molecule has 5 aliphatic heterocycles. The summed E-state index contributed by atoms with van der Waals surface area (Å²) in [5, 5.41) is 87.4. The molecule has 0 amide bonds. The van der Waals surface area contributed by atoms with Crippen LogP contribution in [0.4, 0.5) is 0 Å². The largest absolute Gasteiger partial charge is 0.461 e. The summed E-state index contributed by atoms with van der Waals surface area (Å²) in [6.45, 7) is 14.8. The summed E-state index contributed by atoms with van der Waals surface area (Å²) in [6, 6.07) is 0. The van der Waals surface area contributed by atoms with Crippen molar-refractivity contribution in [3.8, 4) is 0 Å². The van der Waals surface area contributed by atoms with Crippen molar-refractivity contribution in [1.82, 2.24) is 0 Å². The number of hydrogen-bond donors (Lipinski definition) is 9. The minimum atomic E-state index is -5.15. The Balaban J connectivity index is 1.02. The van der Waals surface area contributed by atoms with Crippen LogP contribution in [0, 0.1) is 46.3 Å². The van der Waals surface area contributed by atoms with Crippen LogP contribution < -0.4 is 0 Å². The molecule has 0 aromatic rings. The standard InChI is InChI=1S/C49H76O22S/c1-20(2)34(50)43(58)62-18-30-36(52)39(55)41(57)45(67-30)66-25-14-24-8-9-26-27(11-12-47(6)28(26)16-29-33(47)22(4)49(70-29)13-10-21(3)17-64-49)48(24,7)32(15-25)68-46-42(37(53)31(19-63-46)71-72(59,60)61)69-44-40(56)38(54)35(51)23(5)65-44/h8,20,22-23,25-42,44-46,50-57H,3,9-19H2,1-2,4-7H3,(H,59,60,61)/t22?,23-,25-,26-,27+,28+,29+,30+,31+,32+,33+,34?,35+,36-,37+,38-,39+,40-,41?,42?,44+,45-,46+,47+,48+,49-/m1/s1. The topological polar surface area (TPSA) is 326 Å². The number of aliphatic hydroxyl groups is 8. The van der Waals surface area contributed by atoms with Crippen molar-refractivity contribution in [2.75, 3.05) is 19.8 Å². The summed E-state index contributed by atoms with van der Waals surface area (Å²) in [5.41, 5.74) is 1.14. The Morgan fingerprint density at radius 3 is 2.24 bits per heavy atom. The molecule has 8 fully saturated rings. The number of carbonyl (C=O) groups excluding carboxylic acids is 1. The van der Waals surface area contributed by atoms with E-state index in [2.05, 4.69) is 33.4 Å². The number of rotatable bonds is 12. The maximum Gasteiger partial charge on any atom is 0.397 e. The van der Waals surface area contributed by atoms with Crippen LogP contribution in [0.15, 0.2) is 23.8 Å². The Labute approximate surface area is 419 Å². The average Bonchev–Trinajstić information content (AvgIpc) is 3.77. The number of allylic oxidation sites excluding steroid dienone is 1. The van der Waals surface area contributed by atoms with Crippen LogP contribution in [0.25, 0.3) is 0 Å². The SMILES string of the molecule is C=C1CC[C@@]2(OC1)O[C@H]1C[C@H]3[C@@H]4CC=C5C[C@@H](O[C@@H]6O[C@@H](COC(=O)C(O)C(C)C)[C@@H](O)[C@H](O)C6O)C[C@H](O[C@@H]6OC[C@H](OS(=O)(=O)O)[C@H](O)C6O[C@@H]6O[C@H](C)[C@H](O)[C@@H](O)[C@H]6O)[C@]5(C)[C@H]4CC[C@]3(C)[C@H]1C2C. The van der Waals surface area contributed by atoms with Crippen molar-refractivity contribution in [2.45, 2.75) is 209 Å². The predicted molar refractivity (Wildman–Crippen MR) is 245 cm³/mol. The molecule has 5 heterocycles. The van der Waals surface area contributed by atoms with Crippen molar-refractivity contribution < 1.29 is 105 Å². The van der Waals surface area contributed by atoms with Gasteiger partial charge in [-0.05, 0) is 80.5 Å². The Kier molecular flexibility index (Phi) is 15.7. The fourth-order valence-electron chi connectivity index (χ4n) is 14.4. The van der Waals surface area contributed by atoms with Gasteiger partial charge in [-0.25, -0.2) is 8.98 Å². The molecule has 410 valence electrons. The van der Waals surface area contributed by atoms with Gasteiger partial charge in [0.25, 0.3) is 0 Å². The normalized spacial score (nSPS) is 50.9. The van der Waals surface area contributed by atoms with Gasteiger partial charge in [-0.2, -0.15) is 8.42 Å². The Bertz CT molecular complexity index is 2120. The minimum Gasteiger partial charge on any atom is -0.461 e. The van der Waals surface area contributed by atoms with Crippen molar-refractivity contribution >= 4 is 16.4 Å². The molecule has 0 bridgehead atoms. The predicted octanol–water partition coefficient (Wildman–Crippen LogP) is 0.139. The van der Waals surface area contributed by atoms with Gasteiger partial charge in [0.2, 0.25) is 0 Å². The monoisotopic (exact) mass is 1050 g/mol. The molecule has 0 aromatic carbocycles. The number of hydrogen-bond acceptors (Lipinski definition) is 21. The smallest absolute Gasteiger partial charge is 0.397 e. The molecule has 72 heavy (non-hydrogen) atoms. The van der Waals surface area contributed by atoms with E-state index >= 15 is 0 Å².